The average Bonchev–Trinajstić information content (AvgIpc) is 2.77. The van der Waals surface area contributed by atoms with Crippen LogP contribution in [-0.2, 0) is 19.4 Å². The highest BCUT2D eigenvalue weighted by Crippen LogP contribution is 2.13. The Bertz CT molecular complexity index is 527. The summed E-state index contributed by atoms with van der Waals surface area (Å²) < 4.78 is 1.85. The first kappa shape index (κ1) is 14.0. The SMILES string of the molecule is CCCn1ncnc1CC(O)Cc1cccc(Cl)c1. The van der Waals surface area contributed by atoms with Crippen molar-refractivity contribution < 1.29 is 5.11 Å². The predicted molar refractivity (Wildman–Crippen MR) is 75.2 cm³/mol. The lowest BCUT2D eigenvalue weighted by molar-refractivity contribution is 0.171. The molecule has 0 saturated carbocycles. The molecule has 0 aliphatic rings. The molecule has 0 amide bonds. The fourth-order valence-corrected chi connectivity index (χ4v) is 2.28. The largest absolute Gasteiger partial charge is 0.392 e. The molecular formula is C14H18ClN3O. The van der Waals surface area contributed by atoms with Gasteiger partial charge in [-0.1, -0.05) is 30.7 Å². The van der Waals surface area contributed by atoms with Crippen molar-refractivity contribution in [3.05, 3.63) is 47.0 Å². The first-order valence-electron chi connectivity index (χ1n) is 6.48. The van der Waals surface area contributed by atoms with Crippen LogP contribution >= 0.6 is 11.6 Å². The van der Waals surface area contributed by atoms with Crippen LogP contribution in [-0.4, -0.2) is 26.0 Å². The first-order chi connectivity index (χ1) is 9.19. The van der Waals surface area contributed by atoms with Crippen LogP contribution in [0.15, 0.2) is 30.6 Å². The Balaban J connectivity index is 1.97. The molecule has 1 N–H and O–H groups in total. The molecule has 0 bridgehead atoms. The van der Waals surface area contributed by atoms with Gasteiger partial charge in [0.2, 0.25) is 0 Å². The summed E-state index contributed by atoms with van der Waals surface area (Å²) in [5.41, 5.74) is 1.03. The molecule has 1 unspecified atom stereocenters. The van der Waals surface area contributed by atoms with E-state index < -0.39 is 6.10 Å². The summed E-state index contributed by atoms with van der Waals surface area (Å²) >= 11 is 5.93. The molecule has 0 aliphatic carbocycles. The third-order valence-corrected chi connectivity index (χ3v) is 3.14. The third-order valence-electron chi connectivity index (χ3n) is 2.91. The molecule has 0 aliphatic heterocycles. The Hall–Kier alpha value is -1.39. The highest BCUT2D eigenvalue weighted by atomic mass is 35.5. The maximum atomic E-state index is 10.1. The second-order valence-electron chi connectivity index (χ2n) is 4.59. The minimum atomic E-state index is -0.474. The van der Waals surface area contributed by atoms with Crippen LogP contribution in [0.1, 0.15) is 24.7 Å². The van der Waals surface area contributed by atoms with Crippen molar-refractivity contribution in [3.8, 4) is 0 Å². The van der Waals surface area contributed by atoms with E-state index in [0.717, 1.165) is 24.4 Å². The Kier molecular flexibility index (Phi) is 4.93. The van der Waals surface area contributed by atoms with Gasteiger partial charge in [-0.05, 0) is 30.5 Å². The molecule has 0 saturated heterocycles. The number of aromatic nitrogens is 3. The topological polar surface area (TPSA) is 50.9 Å². The fraction of sp³-hybridized carbons (Fsp3) is 0.429. The zero-order valence-corrected chi connectivity index (χ0v) is 11.7. The summed E-state index contributed by atoms with van der Waals surface area (Å²) in [6.45, 7) is 2.92. The van der Waals surface area contributed by atoms with Crippen molar-refractivity contribution in [2.75, 3.05) is 0 Å². The Morgan fingerprint density at radius 2 is 2.21 bits per heavy atom. The lowest BCUT2D eigenvalue weighted by Gasteiger charge is -2.11. The van der Waals surface area contributed by atoms with Gasteiger partial charge in [0.05, 0.1) is 6.10 Å². The highest BCUT2D eigenvalue weighted by Gasteiger charge is 2.12. The van der Waals surface area contributed by atoms with Crippen LogP contribution in [0.25, 0.3) is 0 Å². The normalized spacial score (nSPS) is 12.6. The van der Waals surface area contributed by atoms with Gasteiger partial charge in [-0.25, -0.2) is 4.98 Å². The van der Waals surface area contributed by atoms with Gasteiger partial charge in [0, 0.05) is 18.0 Å². The van der Waals surface area contributed by atoms with Crippen molar-refractivity contribution in [2.24, 2.45) is 0 Å². The van der Waals surface area contributed by atoms with Crippen LogP contribution in [0.2, 0.25) is 5.02 Å². The zero-order chi connectivity index (χ0) is 13.7. The monoisotopic (exact) mass is 279 g/mol. The summed E-state index contributed by atoms with van der Waals surface area (Å²) in [7, 11) is 0. The van der Waals surface area contributed by atoms with Gasteiger partial charge in [0.1, 0.15) is 12.2 Å². The van der Waals surface area contributed by atoms with Gasteiger partial charge in [0.15, 0.2) is 0 Å². The van der Waals surface area contributed by atoms with E-state index in [9.17, 15) is 5.11 Å². The number of halogens is 1. The maximum Gasteiger partial charge on any atom is 0.138 e. The fourth-order valence-electron chi connectivity index (χ4n) is 2.06. The first-order valence-corrected chi connectivity index (χ1v) is 6.86. The summed E-state index contributed by atoms with van der Waals surface area (Å²) in [4.78, 5) is 4.20. The van der Waals surface area contributed by atoms with Gasteiger partial charge in [-0.3, -0.25) is 4.68 Å². The van der Waals surface area contributed by atoms with Crippen LogP contribution in [0.4, 0.5) is 0 Å². The number of hydrogen-bond donors (Lipinski definition) is 1. The zero-order valence-electron chi connectivity index (χ0n) is 11.0. The van der Waals surface area contributed by atoms with E-state index in [-0.39, 0.29) is 0 Å². The second kappa shape index (κ2) is 6.68. The van der Waals surface area contributed by atoms with Crippen molar-refractivity contribution in [2.45, 2.75) is 38.8 Å². The van der Waals surface area contributed by atoms with Gasteiger partial charge in [-0.15, -0.1) is 0 Å². The molecule has 19 heavy (non-hydrogen) atoms. The molecule has 2 rings (SSSR count). The van der Waals surface area contributed by atoms with Crippen molar-refractivity contribution in [3.63, 3.8) is 0 Å². The highest BCUT2D eigenvalue weighted by molar-refractivity contribution is 6.30. The summed E-state index contributed by atoms with van der Waals surface area (Å²) in [6.07, 6.45) is 3.14. The quantitative estimate of drug-likeness (QED) is 0.884. The molecule has 5 heteroatoms. The van der Waals surface area contributed by atoms with E-state index in [1.54, 1.807) is 0 Å². The number of aliphatic hydroxyl groups excluding tert-OH is 1. The Morgan fingerprint density at radius 3 is 2.95 bits per heavy atom. The van der Waals surface area contributed by atoms with E-state index in [4.69, 9.17) is 11.6 Å². The molecule has 0 fully saturated rings. The molecule has 0 radical (unpaired) electrons. The molecule has 1 aromatic heterocycles. The lowest BCUT2D eigenvalue weighted by Crippen LogP contribution is -2.18. The standard InChI is InChI=1S/C14H18ClN3O/c1-2-6-18-14(16-10-17-18)9-13(19)8-11-4-3-5-12(15)7-11/h3-5,7,10,13,19H,2,6,8-9H2,1H3. The van der Waals surface area contributed by atoms with Crippen LogP contribution in [0, 0.1) is 0 Å². The van der Waals surface area contributed by atoms with E-state index in [1.165, 1.54) is 6.33 Å². The van der Waals surface area contributed by atoms with Crippen molar-refractivity contribution in [1.29, 1.82) is 0 Å². The summed E-state index contributed by atoms with van der Waals surface area (Å²) in [5.74, 6) is 0.830. The van der Waals surface area contributed by atoms with E-state index in [0.29, 0.717) is 17.9 Å². The number of hydrogen-bond acceptors (Lipinski definition) is 3. The van der Waals surface area contributed by atoms with E-state index in [2.05, 4.69) is 17.0 Å². The summed E-state index contributed by atoms with van der Waals surface area (Å²) in [5, 5.41) is 15.0. The number of benzene rings is 1. The van der Waals surface area contributed by atoms with Gasteiger partial charge in [0.25, 0.3) is 0 Å². The number of aryl methyl sites for hydroxylation is 1. The molecule has 0 spiro atoms. The minimum absolute atomic E-state index is 0.474. The predicted octanol–water partition coefficient (Wildman–Crippen LogP) is 2.49. The van der Waals surface area contributed by atoms with E-state index >= 15 is 0 Å². The molecule has 1 atom stereocenters. The van der Waals surface area contributed by atoms with Crippen LogP contribution in [0.3, 0.4) is 0 Å². The van der Waals surface area contributed by atoms with Crippen molar-refractivity contribution in [1.82, 2.24) is 14.8 Å². The molecule has 1 aromatic carbocycles. The molecule has 2 aromatic rings. The maximum absolute atomic E-state index is 10.1. The van der Waals surface area contributed by atoms with Crippen LogP contribution in [0.5, 0.6) is 0 Å². The Labute approximate surface area is 118 Å². The molecule has 4 nitrogen and oxygen atoms in total. The molecule has 1 heterocycles. The third kappa shape index (κ3) is 4.04. The smallest absolute Gasteiger partial charge is 0.138 e. The molecular weight excluding hydrogens is 262 g/mol. The average molecular weight is 280 g/mol. The van der Waals surface area contributed by atoms with Gasteiger partial charge >= 0.3 is 0 Å². The van der Waals surface area contributed by atoms with Gasteiger partial charge < -0.3 is 5.11 Å². The minimum Gasteiger partial charge on any atom is -0.392 e. The summed E-state index contributed by atoms with van der Waals surface area (Å²) in [6, 6.07) is 7.56. The van der Waals surface area contributed by atoms with Gasteiger partial charge in [-0.2, -0.15) is 5.10 Å². The Morgan fingerprint density at radius 1 is 1.37 bits per heavy atom. The van der Waals surface area contributed by atoms with Crippen LogP contribution < -0.4 is 0 Å². The second-order valence-corrected chi connectivity index (χ2v) is 5.03. The van der Waals surface area contributed by atoms with Crippen molar-refractivity contribution >= 4 is 11.6 Å². The molecule has 102 valence electrons. The number of rotatable bonds is 6. The number of nitrogens with zero attached hydrogens (tertiary/aromatic N) is 3. The number of aliphatic hydroxyl groups is 1. The van der Waals surface area contributed by atoms with E-state index in [1.807, 2.05) is 28.9 Å². The lowest BCUT2D eigenvalue weighted by atomic mass is 10.1.